The van der Waals surface area contributed by atoms with Gasteiger partial charge in [-0.1, -0.05) is 0 Å². The molecule has 22 nitrogen and oxygen atoms in total. The Morgan fingerprint density at radius 1 is 0.773 bits per heavy atom. The Bertz CT molecular complexity index is 1690. The number of aliphatic hydroxyl groups is 2. The number of rotatable bonds is 2. The Kier molecular flexibility index (Phi) is 7.16. The summed E-state index contributed by atoms with van der Waals surface area (Å²) >= 11 is 0. The monoisotopic (exact) mass is 657 g/mol. The van der Waals surface area contributed by atoms with Crippen molar-refractivity contribution in [1.29, 1.82) is 0 Å². The first-order valence-corrected chi connectivity index (χ1v) is 15.7. The fourth-order valence-corrected chi connectivity index (χ4v) is 7.15. The standard InChI is InChI=1S/C20H24N10O12P2/c21-15-9-17(25-3-23-15)29(5-27-9)19-11(31)13-7(39-19)1-37-43(33,34)42-14-8(2-38-44(35,36)41-13)40-20(12(14)32)30-6-28-10-16(22)24-4-26-18(10)30/h3-8,11-14,19-20,31-32H,1-2H2,(H,33,34)(H,35,36)(H2,21,23,25)(H2,22,24,26)/p-1/t7-,8-,11-,12-,13-,14-,19-,20-/m1/s1. The molecular weight excluding hydrogens is 634 g/mol. The van der Waals surface area contributed by atoms with Crippen LogP contribution in [0.1, 0.15) is 12.5 Å². The number of fused-ring (bicyclic) bond motifs is 4. The van der Waals surface area contributed by atoms with E-state index in [1.807, 2.05) is 0 Å². The van der Waals surface area contributed by atoms with Crippen molar-refractivity contribution in [2.45, 2.75) is 49.1 Å². The van der Waals surface area contributed by atoms with Gasteiger partial charge in [0, 0.05) is 0 Å². The number of nitrogens with zero attached hydrogens (tertiary/aromatic N) is 8. The molecule has 3 aliphatic heterocycles. The molecule has 236 valence electrons. The van der Waals surface area contributed by atoms with Gasteiger partial charge in [-0.3, -0.25) is 22.7 Å². The molecule has 7 rings (SSSR count). The van der Waals surface area contributed by atoms with Crippen LogP contribution in [0.25, 0.3) is 22.3 Å². The zero-order valence-corrected chi connectivity index (χ0v) is 23.8. The van der Waals surface area contributed by atoms with Crippen molar-refractivity contribution in [3.8, 4) is 0 Å². The second-order valence-electron chi connectivity index (χ2n) is 9.92. The summed E-state index contributed by atoms with van der Waals surface area (Å²) in [6.45, 7) is -1.65. The maximum absolute atomic E-state index is 13.1. The van der Waals surface area contributed by atoms with Gasteiger partial charge in [0.1, 0.15) is 60.3 Å². The van der Waals surface area contributed by atoms with E-state index in [4.69, 9.17) is 39.0 Å². The summed E-state index contributed by atoms with van der Waals surface area (Å²) in [5.74, 6) is 0.0831. The molecule has 4 aromatic heterocycles. The predicted octanol–water partition coefficient (Wildman–Crippen LogP) is -2.27. The zero-order valence-electron chi connectivity index (χ0n) is 22.0. The molecule has 0 amide bonds. The van der Waals surface area contributed by atoms with Gasteiger partial charge in [0.2, 0.25) is 0 Å². The third kappa shape index (κ3) is 5.04. The highest BCUT2D eigenvalue weighted by molar-refractivity contribution is 7.47. The van der Waals surface area contributed by atoms with Crippen LogP contribution >= 0.6 is 15.6 Å². The number of hydrogen-bond acceptors (Lipinski definition) is 19. The Balaban J connectivity index is 1.17. The molecule has 44 heavy (non-hydrogen) atoms. The van der Waals surface area contributed by atoms with Crippen LogP contribution in [0, 0.1) is 0 Å². The highest BCUT2D eigenvalue weighted by Gasteiger charge is 2.52. The zero-order chi connectivity index (χ0) is 31.0. The predicted molar refractivity (Wildman–Crippen MR) is 138 cm³/mol. The van der Waals surface area contributed by atoms with Gasteiger partial charge in [0.25, 0.3) is 7.82 Å². The molecule has 0 radical (unpaired) electrons. The quantitative estimate of drug-likeness (QED) is 0.142. The van der Waals surface area contributed by atoms with Gasteiger partial charge in [-0.25, -0.2) is 34.5 Å². The SMILES string of the molecule is Nc1ncnc2c1ncn2[C@@H]1O[C@@H]2COP(=O)(O)O[C@H]3[C@@H](O)[C@H](n4cnc5c(N)ncnc54)O[C@@H]3COP(=O)([O-])O[C@H]2[C@H]1O. The topological polar surface area (TPSA) is 313 Å². The van der Waals surface area contributed by atoms with Crippen molar-refractivity contribution in [3.63, 3.8) is 0 Å². The lowest BCUT2D eigenvalue weighted by molar-refractivity contribution is -0.236. The summed E-state index contributed by atoms with van der Waals surface area (Å²) in [5, 5.41) is 22.2. The van der Waals surface area contributed by atoms with E-state index in [9.17, 15) is 29.1 Å². The van der Waals surface area contributed by atoms with Crippen molar-refractivity contribution >= 4 is 49.6 Å². The smallest absolute Gasteiger partial charge is 0.472 e. The maximum atomic E-state index is 13.1. The van der Waals surface area contributed by atoms with Crippen LogP contribution in [0.3, 0.4) is 0 Å². The first-order chi connectivity index (χ1) is 20.9. The van der Waals surface area contributed by atoms with E-state index >= 15 is 0 Å². The summed E-state index contributed by atoms with van der Waals surface area (Å²) < 4.78 is 60.7. The second kappa shape index (κ2) is 10.7. The first-order valence-electron chi connectivity index (χ1n) is 12.8. The highest BCUT2D eigenvalue weighted by atomic mass is 31.2. The van der Waals surface area contributed by atoms with E-state index in [1.54, 1.807) is 0 Å². The average molecular weight is 657 g/mol. The Labute approximate surface area is 244 Å². The lowest BCUT2D eigenvalue weighted by Gasteiger charge is -2.32. The number of hydrogen-bond donors (Lipinski definition) is 5. The summed E-state index contributed by atoms with van der Waals surface area (Å²) in [6.07, 6.45) is -7.63. The molecule has 0 bridgehead atoms. The molecule has 3 saturated heterocycles. The van der Waals surface area contributed by atoms with E-state index in [0.29, 0.717) is 0 Å². The second-order valence-corrected chi connectivity index (χ2v) is 12.7. The van der Waals surface area contributed by atoms with E-state index < -0.39 is 77.9 Å². The molecule has 3 aliphatic rings. The number of imidazole rings is 2. The van der Waals surface area contributed by atoms with Crippen molar-refractivity contribution in [2.75, 3.05) is 24.7 Å². The van der Waals surface area contributed by atoms with Crippen molar-refractivity contribution in [3.05, 3.63) is 25.3 Å². The van der Waals surface area contributed by atoms with Gasteiger partial charge in [-0.15, -0.1) is 0 Å². The molecule has 24 heteroatoms. The normalized spacial score (nSPS) is 38.3. The number of nitrogen functional groups attached to an aromatic ring is 2. The molecule has 0 saturated carbocycles. The number of aromatic nitrogens is 8. The van der Waals surface area contributed by atoms with Crippen LogP contribution in [0.5, 0.6) is 0 Å². The van der Waals surface area contributed by atoms with Gasteiger partial charge in [0.05, 0.1) is 25.9 Å². The number of ether oxygens (including phenoxy) is 2. The number of aliphatic hydroxyl groups excluding tert-OH is 2. The van der Waals surface area contributed by atoms with Crippen molar-refractivity contribution in [1.82, 2.24) is 39.0 Å². The van der Waals surface area contributed by atoms with Crippen molar-refractivity contribution in [2.24, 2.45) is 0 Å². The maximum Gasteiger partial charge on any atom is 0.472 e. The summed E-state index contributed by atoms with van der Waals surface area (Å²) in [5.41, 5.74) is 12.3. The van der Waals surface area contributed by atoms with E-state index in [0.717, 1.165) is 12.7 Å². The number of nitrogens with two attached hydrogens (primary N) is 2. The molecule has 2 unspecified atom stereocenters. The van der Waals surface area contributed by atoms with E-state index in [-0.39, 0.29) is 34.0 Å². The average Bonchev–Trinajstić information content (AvgIpc) is 3.73. The molecule has 0 aliphatic carbocycles. The first kappa shape index (κ1) is 29.5. The highest BCUT2D eigenvalue weighted by Crippen LogP contribution is 2.52. The van der Waals surface area contributed by atoms with Gasteiger partial charge in [-0.2, -0.15) is 0 Å². The molecule has 4 aromatic rings. The van der Waals surface area contributed by atoms with Crippen LogP contribution in [-0.4, -0.2) is 104 Å². The number of phosphoric acid groups is 2. The van der Waals surface area contributed by atoms with Crippen LogP contribution in [0.4, 0.5) is 11.6 Å². The van der Waals surface area contributed by atoms with E-state index in [1.165, 1.54) is 21.8 Å². The van der Waals surface area contributed by atoms with Gasteiger partial charge < -0.3 is 50.0 Å². The minimum Gasteiger partial charge on any atom is -0.756 e. The summed E-state index contributed by atoms with van der Waals surface area (Å²) in [4.78, 5) is 47.5. The Hall–Kier alpha value is -3.24. The van der Waals surface area contributed by atoms with Gasteiger partial charge in [0.15, 0.2) is 35.4 Å². The Morgan fingerprint density at radius 3 is 1.77 bits per heavy atom. The molecular formula is C20H23N10O12P2-. The molecule has 7 heterocycles. The van der Waals surface area contributed by atoms with Crippen LogP contribution in [0.2, 0.25) is 0 Å². The lowest BCUT2D eigenvalue weighted by atomic mass is 10.1. The van der Waals surface area contributed by atoms with E-state index in [2.05, 4.69) is 29.9 Å². The number of phosphoric ester groups is 2. The fraction of sp³-hybridized carbons (Fsp3) is 0.500. The largest absolute Gasteiger partial charge is 0.756 e. The van der Waals surface area contributed by atoms with Crippen LogP contribution in [0.15, 0.2) is 25.3 Å². The molecule has 0 aromatic carbocycles. The molecule has 10 atom stereocenters. The number of anilines is 2. The third-order valence-electron chi connectivity index (χ3n) is 7.25. The fourth-order valence-electron chi connectivity index (χ4n) is 5.24. The van der Waals surface area contributed by atoms with Crippen LogP contribution < -0.4 is 16.4 Å². The lowest BCUT2D eigenvalue weighted by Crippen LogP contribution is -2.40. The summed E-state index contributed by atoms with van der Waals surface area (Å²) in [6, 6.07) is 0. The third-order valence-corrected chi connectivity index (χ3v) is 9.20. The van der Waals surface area contributed by atoms with Gasteiger partial charge in [-0.05, 0) is 0 Å². The Morgan fingerprint density at radius 2 is 1.25 bits per heavy atom. The minimum atomic E-state index is -5.25. The molecule has 3 fully saturated rings. The molecule has 7 N–H and O–H groups in total. The molecule has 0 spiro atoms. The van der Waals surface area contributed by atoms with Crippen LogP contribution in [-0.2, 0) is 36.7 Å². The summed E-state index contributed by atoms with van der Waals surface area (Å²) in [7, 11) is -10.3. The minimum absolute atomic E-state index is 0.0407. The van der Waals surface area contributed by atoms with Gasteiger partial charge >= 0.3 is 7.82 Å². The van der Waals surface area contributed by atoms with Crippen molar-refractivity contribution < 1.29 is 56.7 Å².